The second-order valence-corrected chi connectivity index (χ2v) is 16.5. The lowest BCUT2D eigenvalue weighted by atomic mass is 9.48. The van der Waals surface area contributed by atoms with Crippen molar-refractivity contribution in [3.8, 4) is 0 Å². The first kappa shape index (κ1) is 24.2. The van der Waals surface area contributed by atoms with Crippen LogP contribution in [0.15, 0.2) is 10.5 Å². The summed E-state index contributed by atoms with van der Waals surface area (Å²) in [6.45, 7) is 0. The number of carbonyl (C=O) groups is 1. The first-order chi connectivity index (χ1) is 17.1. The Hall–Kier alpha value is -0.840. The van der Waals surface area contributed by atoms with E-state index in [1.165, 1.54) is 77.0 Å². The minimum atomic E-state index is -3.75. The van der Waals surface area contributed by atoms with Gasteiger partial charge in [0.25, 0.3) is 10.0 Å². The highest BCUT2D eigenvalue weighted by Crippen LogP contribution is 2.61. The molecule has 8 fully saturated rings. The van der Waals surface area contributed by atoms with E-state index in [-0.39, 0.29) is 15.2 Å². The normalized spacial score (nSPS) is 42.1. The van der Waals surface area contributed by atoms with E-state index in [2.05, 4.69) is 21.0 Å². The number of Topliss-reactive ketones (excluding diaryl/α,β-unsaturated/α-hetero) is 1. The highest BCUT2D eigenvalue weighted by Gasteiger charge is 2.54. The number of ketones is 1. The molecule has 2 aromatic rings. The van der Waals surface area contributed by atoms with Crippen molar-refractivity contribution in [2.75, 3.05) is 5.33 Å². The summed E-state index contributed by atoms with van der Waals surface area (Å²) in [5, 5.41) is 9.82. The molecule has 0 spiro atoms. The van der Waals surface area contributed by atoms with Crippen molar-refractivity contribution in [3.05, 3.63) is 11.9 Å². The van der Waals surface area contributed by atoms with Crippen molar-refractivity contribution in [1.29, 1.82) is 0 Å². The van der Waals surface area contributed by atoms with Crippen LogP contribution in [0.5, 0.6) is 0 Å². The zero-order valence-electron chi connectivity index (χ0n) is 20.6. The summed E-state index contributed by atoms with van der Waals surface area (Å²) < 4.78 is 24.3. The van der Waals surface area contributed by atoms with E-state index < -0.39 is 10.0 Å². The van der Waals surface area contributed by atoms with Crippen LogP contribution in [-0.4, -0.2) is 34.1 Å². The largest absolute Gasteiger partial charge is 0.298 e. The molecule has 8 bridgehead atoms. The quantitative estimate of drug-likeness (QED) is 0.497. The second-order valence-electron chi connectivity index (χ2n) is 13.2. The standard InChI is InChI=1S/C14H18N4O2S2.C12H17BrO/c15-22(19,20)13-17-18-7-11(16-12(18)21-13)14-4-8-1-9(5-14)3-10(2-8)6-14;13-7-11(14)12-4-8-1-9(5-12)3-10(2-8)6-12/h7-10H,1-6H2,(H2,15,19,20);8-10H,1-7H2. The molecule has 0 amide bonds. The molecule has 8 aliphatic carbocycles. The Morgan fingerprint density at radius 2 is 1.42 bits per heavy atom. The summed E-state index contributed by atoms with van der Waals surface area (Å²) in [6, 6.07) is 0. The summed E-state index contributed by atoms with van der Waals surface area (Å²) in [6.07, 6.45) is 17.8. The van der Waals surface area contributed by atoms with E-state index in [0.717, 1.165) is 52.5 Å². The number of nitrogens with two attached hydrogens (primary N) is 1. The first-order valence-corrected chi connectivity index (χ1v) is 17.1. The molecule has 7 nitrogen and oxygen atoms in total. The predicted molar refractivity (Wildman–Crippen MR) is 141 cm³/mol. The van der Waals surface area contributed by atoms with E-state index in [1.54, 1.807) is 4.52 Å². The number of primary sulfonamides is 1. The lowest BCUT2D eigenvalue weighted by Crippen LogP contribution is -2.50. The topological polar surface area (TPSA) is 107 Å². The van der Waals surface area contributed by atoms with E-state index in [0.29, 0.717) is 16.1 Å². The van der Waals surface area contributed by atoms with Crippen LogP contribution in [0, 0.1) is 40.9 Å². The van der Waals surface area contributed by atoms with Crippen LogP contribution in [0.4, 0.5) is 0 Å². The number of hydrogen-bond donors (Lipinski definition) is 1. The Labute approximate surface area is 225 Å². The fourth-order valence-electron chi connectivity index (χ4n) is 10.1. The van der Waals surface area contributed by atoms with Crippen molar-refractivity contribution >= 4 is 48.0 Å². The van der Waals surface area contributed by atoms with Gasteiger partial charge in [-0.3, -0.25) is 4.79 Å². The smallest absolute Gasteiger partial charge is 0.267 e. The summed E-state index contributed by atoms with van der Waals surface area (Å²) >= 11 is 4.41. The van der Waals surface area contributed by atoms with E-state index in [1.807, 2.05) is 6.20 Å². The van der Waals surface area contributed by atoms with Gasteiger partial charge in [-0.25, -0.2) is 23.1 Å². The molecule has 2 aromatic heterocycles. The monoisotopic (exact) mass is 594 g/mol. The molecule has 2 heterocycles. The maximum Gasteiger partial charge on any atom is 0.267 e. The lowest BCUT2D eigenvalue weighted by Gasteiger charge is -2.56. The fraction of sp³-hybridized carbons (Fsp3) is 0.808. The number of aromatic nitrogens is 3. The molecule has 36 heavy (non-hydrogen) atoms. The summed E-state index contributed by atoms with van der Waals surface area (Å²) in [5.74, 6) is 5.76. The summed E-state index contributed by atoms with van der Waals surface area (Å²) in [4.78, 5) is 17.4. The molecule has 0 saturated heterocycles. The van der Waals surface area contributed by atoms with E-state index in [4.69, 9.17) is 10.1 Å². The number of nitrogens with zero attached hydrogens (tertiary/aromatic N) is 3. The summed E-state index contributed by atoms with van der Waals surface area (Å²) in [7, 11) is -3.75. The van der Waals surface area contributed by atoms with Gasteiger partial charge in [0, 0.05) is 10.8 Å². The molecule has 8 saturated carbocycles. The minimum Gasteiger partial charge on any atom is -0.298 e. The third-order valence-corrected chi connectivity index (χ3v) is 13.3. The third-order valence-electron chi connectivity index (χ3n) is 10.6. The van der Waals surface area contributed by atoms with Crippen molar-refractivity contribution in [3.63, 3.8) is 0 Å². The van der Waals surface area contributed by atoms with E-state index >= 15 is 0 Å². The lowest BCUT2D eigenvalue weighted by molar-refractivity contribution is -0.140. The van der Waals surface area contributed by atoms with Crippen LogP contribution in [0.3, 0.4) is 0 Å². The van der Waals surface area contributed by atoms with Gasteiger partial charge in [0.2, 0.25) is 9.30 Å². The first-order valence-electron chi connectivity index (χ1n) is 13.6. The van der Waals surface area contributed by atoms with Gasteiger partial charge < -0.3 is 0 Å². The zero-order chi connectivity index (χ0) is 24.9. The van der Waals surface area contributed by atoms with Crippen LogP contribution in [0.1, 0.15) is 82.7 Å². The van der Waals surface area contributed by atoms with Crippen LogP contribution in [0.25, 0.3) is 4.96 Å². The van der Waals surface area contributed by atoms with Crippen LogP contribution >= 0.6 is 27.3 Å². The molecule has 10 rings (SSSR count). The molecular weight excluding hydrogens is 560 g/mol. The van der Waals surface area contributed by atoms with Gasteiger partial charge in [0.05, 0.1) is 17.2 Å². The molecule has 10 heteroatoms. The minimum absolute atomic E-state index is 0.0629. The highest BCUT2D eigenvalue weighted by molar-refractivity contribution is 9.09. The van der Waals surface area contributed by atoms with Gasteiger partial charge in [-0.1, -0.05) is 27.3 Å². The Morgan fingerprint density at radius 1 is 0.944 bits per heavy atom. The molecular formula is C26H35BrN4O3S2. The number of imidazole rings is 1. The Balaban J connectivity index is 0.000000136. The van der Waals surface area contributed by atoms with Crippen LogP contribution in [0.2, 0.25) is 0 Å². The molecule has 0 radical (unpaired) electrons. The molecule has 8 aliphatic rings. The van der Waals surface area contributed by atoms with Crippen LogP contribution in [-0.2, 0) is 20.2 Å². The molecule has 0 aromatic carbocycles. The molecule has 2 N–H and O–H groups in total. The number of carbonyl (C=O) groups excluding carboxylic acids is 1. The van der Waals surface area contributed by atoms with Crippen molar-refractivity contribution < 1.29 is 13.2 Å². The van der Waals surface area contributed by atoms with Crippen LogP contribution < -0.4 is 5.14 Å². The van der Waals surface area contributed by atoms with Gasteiger partial charge in [-0.2, -0.15) is 0 Å². The Kier molecular flexibility index (Phi) is 5.60. The average Bonchev–Trinajstić information content (AvgIpc) is 3.37. The van der Waals surface area contributed by atoms with Crippen molar-refractivity contribution in [2.24, 2.45) is 46.1 Å². The van der Waals surface area contributed by atoms with Gasteiger partial charge in [0.1, 0.15) is 5.78 Å². The number of hydrogen-bond acceptors (Lipinski definition) is 6. The SMILES string of the molecule is NS(=O)(=O)c1nn2cc(C34CC5CC(CC(C5)C3)C4)nc2s1.O=C(CBr)C12CC3CC(CC(C3)C1)C2. The number of alkyl halides is 1. The predicted octanol–water partition coefficient (Wildman–Crippen LogP) is 5.07. The fourth-order valence-corrected chi connectivity index (χ4v) is 12.2. The maximum atomic E-state index is 12.0. The maximum absolute atomic E-state index is 12.0. The zero-order valence-corrected chi connectivity index (χ0v) is 23.8. The molecule has 196 valence electrons. The summed E-state index contributed by atoms with van der Waals surface area (Å²) in [5.41, 5.74) is 1.45. The van der Waals surface area contributed by atoms with Crippen molar-refractivity contribution in [1.82, 2.24) is 14.6 Å². The van der Waals surface area contributed by atoms with E-state index in [9.17, 15) is 13.2 Å². The Bertz CT molecular complexity index is 1210. The van der Waals surface area contributed by atoms with Crippen molar-refractivity contribution in [2.45, 2.75) is 86.8 Å². The Morgan fingerprint density at radius 3 is 1.83 bits per heavy atom. The number of fused-ring (bicyclic) bond motifs is 1. The second kappa shape index (κ2) is 8.33. The average molecular weight is 596 g/mol. The number of rotatable bonds is 4. The molecule has 0 unspecified atom stereocenters. The van der Waals surface area contributed by atoms with Gasteiger partial charge >= 0.3 is 0 Å². The van der Waals surface area contributed by atoms with Gasteiger partial charge in [-0.05, 0) is 113 Å². The number of halogens is 1. The molecule has 0 aliphatic heterocycles. The third kappa shape index (κ3) is 3.95. The number of sulfonamides is 1. The highest BCUT2D eigenvalue weighted by atomic mass is 79.9. The molecule has 0 atom stereocenters. The van der Waals surface area contributed by atoms with Gasteiger partial charge in [-0.15, -0.1) is 5.10 Å². The van der Waals surface area contributed by atoms with Gasteiger partial charge in [0.15, 0.2) is 0 Å².